The van der Waals surface area contributed by atoms with E-state index in [0.29, 0.717) is 29.3 Å². The van der Waals surface area contributed by atoms with Crippen molar-refractivity contribution in [2.24, 2.45) is 5.92 Å². The number of nitrogens with zero attached hydrogens (tertiary/aromatic N) is 2. The Balaban J connectivity index is 1.49. The smallest absolute Gasteiger partial charge is 0.322 e. The van der Waals surface area contributed by atoms with Crippen molar-refractivity contribution in [1.29, 1.82) is 0 Å². The third-order valence-electron chi connectivity index (χ3n) is 4.91. The molecule has 1 aromatic carbocycles. The van der Waals surface area contributed by atoms with Crippen LogP contribution in [0.1, 0.15) is 39.5 Å². The maximum atomic E-state index is 11.9. The Morgan fingerprint density at radius 1 is 1.22 bits per heavy atom. The summed E-state index contributed by atoms with van der Waals surface area (Å²) in [6.07, 6.45) is 3.75. The molecule has 0 aliphatic heterocycles. The van der Waals surface area contributed by atoms with Gasteiger partial charge in [0.15, 0.2) is 0 Å². The van der Waals surface area contributed by atoms with Crippen molar-refractivity contribution in [3.05, 3.63) is 29.3 Å². The second kappa shape index (κ2) is 8.58. The van der Waals surface area contributed by atoms with E-state index in [9.17, 15) is 8.42 Å². The number of anilines is 1. The van der Waals surface area contributed by atoms with E-state index in [1.165, 1.54) is 0 Å². The summed E-state index contributed by atoms with van der Waals surface area (Å²) in [7, 11) is -3.20. The van der Waals surface area contributed by atoms with Crippen molar-refractivity contribution in [3.8, 4) is 11.4 Å². The van der Waals surface area contributed by atoms with Crippen LogP contribution in [0.15, 0.2) is 28.8 Å². The largest absolute Gasteiger partial charge is 0.335 e. The lowest BCUT2D eigenvalue weighted by molar-refractivity contribution is 0.330. The van der Waals surface area contributed by atoms with Crippen LogP contribution in [0.5, 0.6) is 0 Å². The predicted octanol–water partition coefficient (Wildman–Crippen LogP) is 3.69. The zero-order chi connectivity index (χ0) is 19.4. The zero-order valence-corrected chi connectivity index (χ0v) is 17.1. The molecular weight excluding hydrogens is 388 g/mol. The molecule has 1 saturated carbocycles. The van der Waals surface area contributed by atoms with Gasteiger partial charge >= 0.3 is 6.01 Å². The fourth-order valence-electron chi connectivity index (χ4n) is 3.12. The van der Waals surface area contributed by atoms with Crippen LogP contribution >= 0.6 is 11.6 Å². The van der Waals surface area contributed by atoms with Gasteiger partial charge in [-0.2, -0.15) is 4.98 Å². The number of halogens is 1. The number of hydrogen-bond acceptors (Lipinski definition) is 6. The van der Waals surface area contributed by atoms with Gasteiger partial charge in [0.2, 0.25) is 15.8 Å². The number of benzene rings is 1. The molecule has 0 amide bonds. The van der Waals surface area contributed by atoms with Crippen LogP contribution in [0.4, 0.5) is 6.01 Å². The van der Waals surface area contributed by atoms with Gasteiger partial charge in [0, 0.05) is 18.2 Å². The fraction of sp³-hybridized carbons (Fsp3) is 0.556. The highest BCUT2D eigenvalue weighted by Gasteiger charge is 2.25. The average molecular weight is 413 g/mol. The van der Waals surface area contributed by atoms with E-state index in [1.54, 1.807) is 19.9 Å². The summed E-state index contributed by atoms with van der Waals surface area (Å²) in [4.78, 5) is 4.38. The van der Waals surface area contributed by atoms with E-state index < -0.39 is 15.3 Å². The van der Waals surface area contributed by atoms with Gasteiger partial charge in [-0.15, -0.1) is 0 Å². The summed E-state index contributed by atoms with van der Waals surface area (Å²) in [5.41, 5.74) is 0.733. The van der Waals surface area contributed by atoms with Crippen LogP contribution in [0.25, 0.3) is 11.4 Å². The molecule has 2 N–H and O–H groups in total. The molecule has 0 unspecified atom stereocenters. The van der Waals surface area contributed by atoms with Crippen molar-refractivity contribution in [2.75, 3.05) is 11.9 Å². The van der Waals surface area contributed by atoms with Crippen LogP contribution in [0, 0.1) is 5.92 Å². The monoisotopic (exact) mass is 412 g/mol. The SMILES string of the molecule is CC(C)S(=O)(=O)NC[C@H]1CC[C@H](Nc2nc(-c3ccccc3Cl)no2)CC1. The molecule has 0 atom stereocenters. The highest BCUT2D eigenvalue weighted by Crippen LogP contribution is 2.28. The maximum absolute atomic E-state index is 11.9. The van der Waals surface area contributed by atoms with Gasteiger partial charge < -0.3 is 9.84 Å². The summed E-state index contributed by atoms with van der Waals surface area (Å²) in [6, 6.07) is 7.98. The minimum atomic E-state index is -3.20. The molecule has 9 heteroatoms. The minimum absolute atomic E-state index is 0.238. The lowest BCUT2D eigenvalue weighted by Gasteiger charge is -2.28. The number of sulfonamides is 1. The Morgan fingerprint density at radius 3 is 2.59 bits per heavy atom. The topological polar surface area (TPSA) is 97.1 Å². The fourth-order valence-corrected chi connectivity index (χ4v) is 4.14. The molecule has 1 fully saturated rings. The van der Waals surface area contributed by atoms with Crippen molar-refractivity contribution in [2.45, 2.75) is 50.8 Å². The van der Waals surface area contributed by atoms with Gasteiger partial charge in [-0.3, -0.25) is 0 Å². The van der Waals surface area contributed by atoms with Crippen LogP contribution in [0.2, 0.25) is 5.02 Å². The van der Waals surface area contributed by atoms with E-state index in [-0.39, 0.29) is 6.04 Å². The van der Waals surface area contributed by atoms with Crippen LogP contribution in [-0.2, 0) is 10.0 Å². The second-order valence-corrected chi connectivity index (χ2v) is 9.94. The third kappa shape index (κ3) is 5.21. The van der Waals surface area contributed by atoms with E-state index in [1.807, 2.05) is 18.2 Å². The Morgan fingerprint density at radius 2 is 1.93 bits per heavy atom. The zero-order valence-electron chi connectivity index (χ0n) is 15.5. The Labute approximate surface area is 164 Å². The number of rotatable bonds is 7. The van der Waals surface area contributed by atoms with Gasteiger partial charge in [0.1, 0.15) is 0 Å². The summed E-state index contributed by atoms with van der Waals surface area (Å²) in [6.45, 7) is 3.87. The van der Waals surface area contributed by atoms with Gasteiger partial charge in [0.05, 0.1) is 10.3 Å². The van der Waals surface area contributed by atoms with Gasteiger partial charge in [-0.1, -0.05) is 28.9 Å². The van der Waals surface area contributed by atoms with Crippen LogP contribution < -0.4 is 10.0 Å². The van der Waals surface area contributed by atoms with Crippen LogP contribution in [0.3, 0.4) is 0 Å². The van der Waals surface area contributed by atoms with E-state index >= 15 is 0 Å². The Hall–Kier alpha value is -1.64. The molecule has 3 rings (SSSR count). The standard InChI is InChI=1S/C18H25ClN4O3S/c1-12(2)27(24,25)20-11-13-7-9-14(10-8-13)21-18-22-17(23-26-18)15-5-3-4-6-16(15)19/h3-6,12-14,20H,7-11H2,1-2H3,(H,21,22,23)/t13-,14-. The van der Waals surface area contributed by atoms with Crippen molar-refractivity contribution in [3.63, 3.8) is 0 Å². The lowest BCUT2D eigenvalue weighted by Crippen LogP contribution is -2.37. The first-order chi connectivity index (χ1) is 12.8. The molecule has 0 spiro atoms. The molecule has 148 valence electrons. The Kier molecular flexibility index (Phi) is 6.39. The molecule has 0 saturated heterocycles. The van der Waals surface area contributed by atoms with Gasteiger partial charge in [-0.05, 0) is 57.6 Å². The molecule has 1 aromatic heterocycles. The summed E-state index contributed by atoms with van der Waals surface area (Å²) < 4.78 is 31.7. The van der Waals surface area contributed by atoms with Crippen LogP contribution in [-0.4, -0.2) is 36.4 Å². The van der Waals surface area contributed by atoms with E-state index in [4.69, 9.17) is 16.1 Å². The molecule has 2 aromatic rings. The molecular formula is C18H25ClN4O3S. The van der Waals surface area contributed by atoms with Crippen molar-refractivity contribution >= 4 is 27.6 Å². The summed E-state index contributed by atoms with van der Waals surface area (Å²) >= 11 is 6.17. The first-order valence-electron chi connectivity index (χ1n) is 9.19. The Bertz CT molecular complexity index is 861. The molecule has 7 nitrogen and oxygen atoms in total. The third-order valence-corrected chi connectivity index (χ3v) is 7.05. The average Bonchev–Trinajstić information content (AvgIpc) is 3.09. The molecule has 0 radical (unpaired) electrons. The lowest BCUT2D eigenvalue weighted by atomic mass is 9.86. The molecule has 27 heavy (non-hydrogen) atoms. The molecule has 1 aliphatic rings. The minimum Gasteiger partial charge on any atom is -0.335 e. The first-order valence-corrected chi connectivity index (χ1v) is 11.1. The maximum Gasteiger partial charge on any atom is 0.322 e. The number of nitrogens with one attached hydrogen (secondary N) is 2. The summed E-state index contributed by atoms with van der Waals surface area (Å²) in [5, 5.41) is 7.45. The summed E-state index contributed by atoms with van der Waals surface area (Å²) in [5.74, 6) is 0.817. The molecule has 1 heterocycles. The highest BCUT2D eigenvalue weighted by molar-refractivity contribution is 7.90. The number of aromatic nitrogens is 2. The second-order valence-electron chi connectivity index (χ2n) is 7.21. The van der Waals surface area contributed by atoms with E-state index in [2.05, 4.69) is 20.2 Å². The highest BCUT2D eigenvalue weighted by atomic mass is 35.5. The predicted molar refractivity (Wildman–Crippen MR) is 106 cm³/mol. The van der Waals surface area contributed by atoms with Crippen molar-refractivity contribution in [1.82, 2.24) is 14.9 Å². The van der Waals surface area contributed by atoms with Gasteiger partial charge in [0.25, 0.3) is 0 Å². The van der Waals surface area contributed by atoms with Gasteiger partial charge in [-0.25, -0.2) is 13.1 Å². The van der Waals surface area contributed by atoms with Crippen molar-refractivity contribution < 1.29 is 12.9 Å². The first kappa shape index (κ1) is 20.1. The normalized spacial score (nSPS) is 20.7. The molecule has 1 aliphatic carbocycles. The quantitative estimate of drug-likeness (QED) is 0.719. The van der Waals surface area contributed by atoms with E-state index in [0.717, 1.165) is 31.2 Å². The molecule has 0 bridgehead atoms. The number of hydrogen-bond donors (Lipinski definition) is 2.